The molecule has 0 aromatic carbocycles. The van der Waals surface area contributed by atoms with Gasteiger partial charge in [-0.25, -0.2) is 9.37 Å². The number of aryl methyl sites for hydroxylation is 1. The third kappa shape index (κ3) is 3.88. The van der Waals surface area contributed by atoms with Gasteiger partial charge in [0.05, 0.1) is 30.1 Å². The number of anilines is 1. The van der Waals surface area contributed by atoms with Crippen molar-refractivity contribution in [1.29, 1.82) is 0 Å². The molecule has 1 fully saturated rings. The predicted molar refractivity (Wildman–Crippen MR) is 115 cm³/mol. The fourth-order valence-corrected chi connectivity index (χ4v) is 4.36. The predicted octanol–water partition coefficient (Wildman–Crippen LogP) is 1.37. The Kier molecular flexibility index (Phi) is 5.41. The van der Waals surface area contributed by atoms with Crippen molar-refractivity contribution < 1.29 is 18.7 Å². The molecule has 2 aliphatic rings. The van der Waals surface area contributed by atoms with Crippen LogP contribution in [0, 0.1) is 5.82 Å². The molecule has 1 saturated heterocycles. The molecule has 2 amide bonds. The maximum atomic E-state index is 13.4. The fraction of sp³-hybridized carbons (Fsp3) is 0.409. The van der Waals surface area contributed by atoms with Gasteiger partial charge in [0.2, 0.25) is 5.91 Å². The first kappa shape index (κ1) is 21.3. The van der Waals surface area contributed by atoms with Gasteiger partial charge in [0, 0.05) is 19.2 Å². The lowest BCUT2D eigenvalue weighted by molar-refractivity contribution is -0.116. The molecule has 3 aromatic rings. The fourth-order valence-electron chi connectivity index (χ4n) is 4.36. The lowest BCUT2D eigenvalue weighted by atomic mass is 10.2. The van der Waals surface area contributed by atoms with Crippen molar-refractivity contribution in [2.75, 3.05) is 18.5 Å². The maximum Gasteiger partial charge on any atom is 0.280 e. The van der Waals surface area contributed by atoms with Gasteiger partial charge in [0.15, 0.2) is 0 Å². The molecule has 3 aromatic heterocycles. The van der Waals surface area contributed by atoms with Crippen molar-refractivity contribution in [2.45, 2.75) is 45.4 Å². The number of hydrogen-bond donors (Lipinski definition) is 1. The zero-order valence-corrected chi connectivity index (χ0v) is 18.1. The first-order chi connectivity index (χ1) is 15.9. The van der Waals surface area contributed by atoms with Gasteiger partial charge in [0.1, 0.15) is 29.5 Å². The van der Waals surface area contributed by atoms with E-state index in [2.05, 4.69) is 15.4 Å². The first-order valence-corrected chi connectivity index (χ1v) is 10.9. The summed E-state index contributed by atoms with van der Waals surface area (Å²) in [6, 6.07) is 4.25. The van der Waals surface area contributed by atoms with E-state index in [1.54, 1.807) is 11.0 Å². The Morgan fingerprint density at radius 1 is 1.33 bits per heavy atom. The second-order valence-electron chi connectivity index (χ2n) is 8.21. The van der Waals surface area contributed by atoms with E-state index >= 15 is 0 Å². The highest BCUT2D eigenvalue weighted by Crippen LogP contribution is 2.25. The van der Waals surface area contributed by atoms with Gasteiger partial charge in [-0.1, -0.05) is 6.92 Å². The topological polar surface area (TPSA) is 111 Å². The Morgan fingerprint density at radius 2 is 2.18 bits per heavy atom. The highest BCUT2D eigenvalue weighted by Gasteiger charge is 2.36. The van der Waals surface area contributed by atoms with Crippen LogP contribution >= 0.6 is 0 Å². The Labute approximate surface area is 188 Å². The second-order valence-corrected chi connectivity index (χ2v) is 8.21. The molecule has 172 valence electrons. The van der Waals surface area contributed by atoms with Gasteiger partial charge in [0.25, 0.3) is 11.5 Å². The number of nitrogens with zero attached hydrogens (tertiary/aromatic N) is 5. The molecule has 33 heavy (non-hydrogen) atoms. The minimum absolute atomic E-state index is 0.0598. The van der Waals surface area contributed by atoms with Crippen LogP contribution in [0.2, 0.25) is 0 Å². The zero-order valence-electron chi connectivity index (χ0n) is 18.1. The summed E-state index contributed by atoms with van der Waals surface area (Å²) in [5, 5.41) is 6.97. The van der Waals surface area contributed by atoms with Crippen LogP contribution in [0.5, 0.6) is 0 Å². The van der Waals surface area contributed by atoms with Crippen molar-refractivity contribution in [3.63, 3.8) is 0 Å². The third-order valence-corrected chi connectivity index (χ3v) is 5.97. The van der Waals surface area contributed by atoms with Crippen LogP contribution in [-0.2, 0) is 29.0 Å². The molecule has 0 aliphatic carbocycles. The molecule has 0 unspecified atom stereocenters. The van der Waals surface area contributed by atoms with E-state index in [-0.39, 0.29) is 42.2 Å². The number of aromatic nitrogens is 4. The monoisotopic (exact) mass is 454 g/mol. The molecule has 10 nitrogen and oxygen atoms in total. The Balaban J connectivity index is 1.52. The number of fused-ring (bicyclic) bond motifs is 2. The third-order valence-electron chi connectivity index (χ3n) is 5.97. The van der Waals surface area contributed by atoms with E-state index in [9.17, 15) is 18.8 Å². The van der Waals surface area contributed by atoms with E-state index in [0.717, 1.165) is 19.0 Å². The number of carbonyl (C=O) groups is 2. The van der Waals surface area contributed by atoms with Crippen LogP contribution in [0.15, 0.2) is 29.2 Å². The average Bonchev–Trinajstić information content (AvgIpc) is 3.53. The number of rotatable bonds is 6. The van der Waals surface area contributed by atoms with Crippen molar-refractivity contribution in [2.24, 2.45) is 0 Å². The normalized spacial score (nSPS) is 17.7. The Bertz CT molecular complexity index is 1290. The van der Waals surface area contributed by atoms with Gasteiger partial charge in [-0.3, -0.25) is 14.4 Å². The second kappa shape index (κ2) is 8.39. The molecule has 5 heterocycles. The lowest BCUT2D eigenvalue weighted by Crippen LogP contribution is -2.33. The minimum Gasteiger partial charge on any atom is -0.376 e. The molecule has 0 saturated carbocycles. The summed E-state index contributed by atoms with van der Waals surface area (Å²) in [6.45, 7) is 2.87. The molecule has 1 atom stereocenters. The van der Waals surface area contributed by atoms with Crippen molar-refractivity contribution in [3.8, 4) is 0 Å². The summed E-state index contributed by atoms with van der Waals surface area (Å²) in [5.74, 6) is -1.11. The van der Waals surface area contributed by atoms with Crippen molar-refractivity contribution in [1.82, 2.24) is 24.1 Å². The molecule has 1 N–H and O–H groups in total. The highest BCUT2D eigenvalue weighted by atomic mass is 19.1. The summed E-state index contributed by atoms with van der Waals surface area (Å²) in [5.41, 5.74) is 1.18. The van der Waals surface area contributed by atoms with Crippen molar-refractivity contribution in [3.05, 3.63) is 57.5 Å². The molecule has 2 aliphatic heterocycles. The van der Waals surface area contributed by atoms with Gasteiger partial charge in [-0.15, -0.1) is 0 Å². The number of halogens is 1. The van der Waals surface area contributed by atoms with Crippen LogP contribution in [0.1, 0.15) is 41.5 Å². The van der Waals surface area contributed by atoms with Crippen LogP contribution in [0.4, 0.5) is 10.2 Å². The molecule has 0 bridgehead atoms. The van der Waals surface area contributed by atoms with E-state index < -0.39 is 11.7 Å². The first-order valence-electron chi connectivity index (χ1n) is 10.9. The van der Waals surface area contributed by atoms with Gasteiger partial charge in [-0.05, 0) is 31.4 Å². The largest absolute Gasteiger partial charge is 0.376 e. The standard InChI is InChI=1S/C22H23FN6O4/c1-2-14-8-19-28(12-18(30)25-17-6-5-13(23)9-24-17)20-16(21(31)29(19)26-14)11-27(22(20)32)10-15-4-3-7-33-15/h5-6,8-9,15H,2-4,7,10-12H2,1H3,(H,24,25,30)/t15-/m0/s1. The van der Waals surface area contributed by atoms with Gasteiger partial charge in [-0.2, -0.15) is 9.61 Å². The van der Waals surface area contributed by atoms with Gasteiger partial charge < -0.3 is 19.5 Å². The summed E-state index contributed by atoms with van der Waals surface area (Å²) < 4.78 is 21.6. The zero-order chi connectivity index (χ0) is 23.1. The minimum atomic E-state index is -0.517. The molecule has 11 heteroatoms. The van der Waals surface area contributed by atoms with Crippen LogP contribution < -0.4 is 10.9 Å². The Morgan fingerprint density at radius 3 is 2.88 bits per heavy atom. The molecule has 5 rings (SSSR count). The molecule has 0 spiro atoms. The Hall–Kier alpha value is -3.60. The lowest BCUT2D eigenvalue weighted by Gasteiger charge is -2.19. The number of carbonyl (C=O) groups excluding carboxylic acids is 2. The summed E-state index contributed by atoms with van der Waals surface area (Å²) in [4.78, 5) is 44.8. The number of pyridine rings is 1. The van der Waals surface area contributed by atoms with E-state index in [0.29, 0.717) is 36.5 Å². The number of nitrogens with one attached hydrogen (secondary N) is 1. The maximum absolute atomic E-state index is 13.4. The van der Waals surface area contributed by atoms with E-state index in [1.807, 2.05) is 6.92 Å². The number of amides is 2. The molecular formula is C22H23FN6O4. The molecular weight excluding hydrogens is 431 g/mol. The smallest absolute Gasteiger partial charge is 0.280 e. The number of ether oxygens (including phenoxy) is 1. The highest BCUT2D eigenvalue weighted by molar-refractivity contribution is 5.98. The van der Waals surface area contributed by atoms with Crippen LogP contribution in [0.25, 0.3) is 5.65 Å². The van der Waals surface area contributed by atoms with Crippen LogP contribution in [-0.4, -0.2) is 55.1 Å². The van der Waals surface area contributed by atoms with E-state index in [4.69, 9.17) is 4.74 Å². The van der Waals surface area contributed by atoms with Crippen molar-refractivity contribution >= 4 is 23.3 Å². The number of hydrogen-bond acceptors (Lipinski definition) is 6. The van der Waals surface area contributed by atoms with Gasteiger partial charge >= 0.3 is 0 Å². The average molecular weight is 454 g/mol. The van der Waals surface area contributed by atoms with E-state index in [1.165, 1.54) is 21.2 Å². The van der Waals surface area contributed by atoms with Crippen LogP contribution in [0.3, 0.4) is 0 Å². The molecule has 0 radical (unpaired) electrons. The summed E-state index contributed by atoms with van der Waals surface area (Å²) >= 11 is 0. The quantitative estimate of drug-likeness (QED) is 0.602. The SMILES string of the molecule is CCc1cc2n(CC(=O)Nc3ccc(F)cn3)c3c(c(=O)n2n1)CN(C[C@@H]1CCCO1)C3=O. The summed E-state index contributed by atoms with van der Waals surface area (Å²) in [7, 11) is 0. The summed E-state index contributed by atoms with van der Waals surface area (Å²) in [6.07, 6.45) is 3.34.